The second-order valence-electron chi connectivity index (χ2n) is 13.1. The number of hydrogen-bond acceptors (Lipinski definition) is 6. The predicted octanol–water partition coefficient (Wildman–Crippen LogP) is 6.95. The lowest BCUT2D eigenvalue weighted by Gasteiger charge is -2.33. The van der Waals surface area contributed by atoms with Gasteiger partial charge < -0.3 is 26.0 Å². The number of thiol groups is 1. The molecule has 260 valence electrons. The molecule has 0 bridgehead atoms. The summed E-state index contributed by atoms with van der Waals surface area (Å²) in [7, 11) is 0. The standard InChI is InChI=1S/C36H44F4N4O3S/c1-36(2,3)47-35(46)44-21-27(42-16-15-28(44)6-5-17-48)13-14-29-30(40)7-4-8-31(29)43-34(45)33(41)32(22-9-11-24(37)12-10-22)23-18-25(38)20-26(39)19-23/h4,7-12,18-20,27-28,32-33,42,48H,5-6,13-17,21,41H2,1-3H3,(H,43,45)/t27?,28?,32-,33-/m0/s1. The summed E-state index contributed by atoms with van der Waals surface area (Å²) in [6.45, 7) is 6.47. The fourth-order valence-electron chi connectivity index (χ4n) is 6.07. The lowest BCUT2D eigenvalue weighted by atomic mass is 9.84. The Labute approximate surface area is 285 Å². The van der Waals surface area contributed by atoms with Crippen molar-refractivity contribution in [1.29, 1.82) is 0 Å². The summed E-state index contributed by atoms with van der Waals surface area (Å²) in [5, 5.41) is 6.20. The molecule has 1 heterocycles. The van der Waals surface area contributed by atoms with E-state index in [1.807, 2.05) is 20.8 Å². The van der Waals surface area contributed by atoms with Gasteiger partial charge in [0, 0.05) is 41.9 Å². The third kappa shape index (κ3) is 10.2. The Morgan fingerprint density at radius 2 is 1.69 bits per heavy atom. The van der Waals surface area contributed by atoms with Gasteiger partial charge in [-0.3, -0.25) is 4.79 Å². The minimum Gasteiger partial charge on any atom is -0.444 e. The summed E-state index contributed by atoms with van der Waals surface area (Å²) >= 11 is 4.34. The van der Waals surface area contributed by atoms with Crippen molar-refractivity contribution in [2.75, 3.05) is 24.2 Å². The Morgan fingerprint density at radius 3 is 2.33 bits per heavy atom. The molecule has 48 heavy (non-hydrogen) atoms. The molecule has 3 aromatic rings. The molecule has 1 fully saturated rings. The smallest absolute Gasteiger partial charge is 0.410 e. The molecule has 0 aromatic heterocycles. The lowest BCUT2D eigenvalue weighted by molar-refractivity contribution is -0.117. The van der Waals surface area contributed by atoms with E-state index in [0.717, 1.165) is 31.4 Å². The van der Waals surface area contributed by atoms with Gasteiger partial charge in [-0.2, -0.15) is 12.6 Å². The third-order valence-corrected chi connectivity index (χ3v) is 8.66. The number of rotatable bonds is 11. The highest BCUT2D eigenvalue weighted by atomic mass is 32.1. The number of nitrogens with one attached hydrogen (secondary N) is 2. The average Bonchev–Trinajstić information content (AvgIpc) is 3.21. The molecule has 2 amide bonds. The third-order valence-electron chi connectivity index (χ3n) is 8.35. The summed E-state index contributed by atoms with van der Waals surface area (Å²) in [6.07, 6.45) is 2.61. The van der Waals surface area contributed by atoms with E-state index in [-0.39, 0.29) is 35.3 Å². The summed E-state index contributed by atoms with van der Waals surface area (Å²) in [5.74, 6) is -3.85. The van der Waals surface area contributed by atoms with Crippen LogP contribution in [0.4, 0.5) is 28.0 Å². The molecule has 1 aliphatic rings. The van der Waals surface area contributed by atoms with Crippen molar-refractivity contribution in [3.8, 4) is 0 Å². The normalized spacial score (nSPS) is 18.1. The van der Waals surface area contributed by atoms with Crippen LogP contribution in [0.5, 0.6) is 0 Å². The molecule has 7 nitrogen and oxygen atoms in total. The lowest BCUT2D eigenvalue weighted by Crippen LogP contribution is -2.47. The molecular formula is C36H44F4N4O3S. The number of carbonyl (C=O) groups excluding carboxylic acids is 2. The van der Waals surface area contributed by atoms with Crippen molar-refractivity contribution in [3.63, 3.8) is 0 Å². The maximum atomic E-state index is 15.3. The van der Waals surface area contributed by atoms with Crippen molar-refractivity contribution in [3.05, 3.63) is 101 Å². The van der Waals surface area contributed by atoms with E-state index in [0.29, 0.717) is 36.9 Å². The molecule has 2 unspecified atom stereocenters. The summed E-state index contributed by atoms with van der Waals surface area (Å²) in [6, 6.07) is 10.7. The quantitative estimate of drug-likeness (QED) is 0.129. The van der Waals surface area contributed by atoms with Crippen LogP contribution in [-0.4, -0.2) is 59.5 Å². The summed E-state index contributed by atoms with van der Waals surface area (Å²) in [4.78, 5) is 28.6. The number of ether oxygens (including phenoxy) is 1. The van der Waals surface area contributed by atoms with Crippen molar-refractivity contribution < 1.29 is 31.9 Å². The number of benzene rings is 3. The average molecular weight is 689 g/mol. The Balaban J connectivity index is 1.54. The largest absolute Gasteiger partial charge is 0.444 e. The molecule has 12 heteroatoms. The van der Waals surface area contributed by atoms with E-state index >= 15 is 4.39 Å². The van der Waals surface area contributed by atoms with Gasteiger partial charge in [-0.1, -0.05) is 18.2 Å². The van der Waals surface area contributed by atoms with Crippen LogP contribution < -0.4 is 16.4 Å². The van der Waals surface area contributed by atoms with Gasteiger partial charge in [0.1, 0.15) is 28.9 Å². The molecule has 1 saturated heterocycles. The van der Waals surface area contributed by atoms with Crippen molar-refractivity contribution in [2.24, 2.45) is 5.73 Å². The number of anilines is 1. The van der Waals surface area contributed by atoms with Gasteiger partial charge in [0.05, 0.1) is 6.04 Å². The van der Waals surface area contributed by atoms with Gasteiger partial charge >= 0.3 is 6.09 Å². The monoisotopic (exact) mass is 688 g/mol. The molecule has 3 aromatic carbocycles. The zero-order valence-electron chi connectivity index (χ0n) is 27.4. The van der Waals surface area contributed by atoms with E-state index < -0.39 is 52.8 Å². The predicted molar refractivity (Wildman–Crippen MR) is 182 cm³/mol. The SMILES string of the molecule is CC(C)(C)OC(=O)N1CC(CCc2c(F)cccc2NC(=O)[C@@H](N)[C@@H](c2ccc(F)cc2)c2cc(F)cc(F)c2)NCCC1CCCS. The zero-order valence-corrected chi connectivity index (χ0v) is 28.3. The van der Waals surface area contributed by atoms with Crippen LogP contribution in [0, 0.1) is 23.3 Å². The molecule has 4 rings (SSSR count). The van der Waals surface area contributed by atoms with Crippen LogP contribution in [-0.2, 0) is 16.0 Å². The number of nitrogens with zero attached hydrogens (tertiary/aromatic N) is 1. The van der Waals surface area contributed by atoms with Crippen LogP contribution in [0.2, 0.25) is 0 Å². The van der Waals surface area contributed by atoms with Gasteiger partial charge in [-0.15, -0.1) is 0 Å². The van der Waals surface area contributed by atoms with E-state index in [2.05, 4.69) is 23.3 Å². The van der Waals surface area contributed by atoms with Gasteiger partial charge in [0.15, 0.2) is 0 Å². The fourth-order valence-corrected chi connectivity index (χ4v) is 6.26. The van der Waals surface area contributed by atoms with Crippen LogP contribution in [0.3, 0.4) is 0 Å². The van der Waals surface area contributed by atoms with Crippen molar-refractivity contribution in [2.45, 2.75) is 82.5 Å². The van der Waals surface area contributed by atoms with Crippen LogP contribution in [0.15, 0.2) is 60.7 Å². The Morgan fingerprint density at radius 1 is 1.00 bits per heavy atom. The molecule has 0 radical (unpaired) electrons. The zero-order chi connectivity index (χ0) is 35.0. The highest BCUT2D eigenvalue weighted by molar-refractivity contribution is 7.80. The van der Waals surface area contributed by atoms with Gasteiger partial charge in [0.2, 0.25) is 5.91 Å². The summed E-state index contributed by atoms with van der Waals surface area (Å²) < 4.78 is 63.3. The van der Waals surface area contributed by atoms with Crippen molar-refractivity contribution in [1.82, 2.24) is 10.2 Å². The number of amides is 2. The number of hydrogen-bond donors (Lipinski definition) is 4. The second kappa shape index (κ2) is 16.7. The maximum absolute atomic E-state index is 15.3. The molecular weight excluding hydrogens is 644 g/mol. The van der Waals surface area contributed by atoms with Crippen LogP contribution >= 0.6 is 12.6 Å². The highest BCUT2D eigenvalue weighted by Gasteiger charge is 2.33. The topological polar surface area (TPSA) is 96.7 Å². The second-order valence-corrected chi connectivity index (χ2v) is 13.6. The molecule has 0 spiro atoms. The van der Waals surface area contributed by atoms with Gasteiger partial charge in [-0.05, 0) is 113 Å². The van der Waals surface area contributed by atoms with E-state index in [9.17, 15) is 22.8 Å². The van der Waals surface area contributed by atoms with E-state index in [1.165, 1.54) is 36.4 Å². The fraction of sp³-hybridized carbons (Fsp3) is 0.444. The molecule has 0 saturated carbocycles. The van der Waals surface area contributed by atoms with E-state index in [1.54, 1.807) is 11.0 Å². The maximum Gasteiger partial charge on any atom is 0.410 e. The Hall–Kier alpha value is -3.61. The molecule has 4 atom stereocenters. The number of nitrogens with two attached hydrogens (primary N) is 1. The van der Waals surface area contributed by atoms with Crippen LogP contribution in [0.1, 0.15) is 69.1 Å². The summed E-state index contributed by atoms with van der Waals surface area (Å²) in [5.41, 5.74) is 6.66. The minimum absolute atomic E-state index is 0.0325. The first-order valence-electron chi connectivity index (χ1n) is 16.1. The van der Waals surface area contributed by atoms with Gasteiger partial charge in [0.25, 0.3) is 0 Å². The van der Waals surface area contributed by atoms with Gasteiger partial charge in [-0.25, -0.2) is 22.4 Å². The molecule has 1 aliphatic heterocycles. The van der Waals surface area contributed by atoms with Crippen molar-refractivity contribution >= 4 is 30.3 Å². The first kappa shape index (κ1) is 37.2. The minimum atomic E-state index is -1.38. The van der Waals surface area contributed by atoms with Crippen LogP contribution in [0.25, 0.3) is 0 Å². The first-order chi connectivity index (χ1) is 22.8. The Bertz CT molecular complexity index is 1530. The van der Waals surface area contributed by atoms with E-state index in [4.69, 9.17) is 10.5 Å². The number of halogens is 4. The Kier molecular flexibility index (Phi) is 12.9. The molecule has 4 N–H and O–H groups in total. The molecule has 0 aliphatic carbocycles. The first-order valence-corrected chi connectivity index (χ1v) is 16.8. The number of carbonyl (C=O) groups is 2. The highest BCUT2D eigenvalue weighted by Crippen LogP contribution is 2.31.